The third kappa shape index (κ3) is 3.77. The minimum atomic E-state index is -0.214. The quantitative estimate of drug-likeness (QED) is 0.665. The molecular weight excluding hydrogens is 397 g/mol. The molecule has 0 bridgehead atoms. The number of phenolic OH excluding ortho intramolecular Hbond substituents is 1. The van der Waals surface area contributed by atoms with Crippen LogP contribution in [0.3, 0.4) is 0 Å². The van der Waals surface area contributed by atoms with E-state index in [-0.39, 0.29) is 17.3 Å². The summed E-state index contributed by atoms with van der Waals surface area (Å²) < 4.78 is 5.92. The molecule has 146 valence electrons. The molecule has 1 atom stereocenters. The number of Topliss-reactive ketones (excluding diaryl/α,β-unsaturated/α-hetero) is 1. The van der Waals surface area contributed by atoms with Gasteiger partial charge in [-0.1, -0.05) is 36.2 Å². The fourth-order valence-electron chi connectivity index (χ4n) is 3.86. The molecule has 6 heteroatoms. The molecule has 1 fully saturated rings. The maximum Gasteiger partial charge on any atom is 0.231 e. The Balaban J connectivity index is 1.65. The summed E-state index contributed by atoms with van der Waals surface area (Å²) in [6, 6.07) is 8.25. The Morgan fingerprint density at radius 3 is 2.86 bits per heavy atom. The molecule has 0 aliphatic carbocycles. The van der Waals surface area contributed by atoms with Gasteiger partial charge in [0.2, 0.25) is 5.78 Å². The summed E-state index contributed by atoms with van der Waals surface area (Å²) in [6.07, 6.45) is 3.97. The van der Waals surface area contributed by atoms with Gasteiger partial charge in [-0.25, -0.2) is 0 Å². The molecule has 2 aromatic carbocycles. The average molecular weight is 418 g/mol. The second kappa shape index (κ2) is 7.78. The molecule has 2 heterocycles. The van der Waals surface area contributed by atoms with Crippen molar-refractivity contribution in [3.05, 3.63) is 62.8 Å². The molecule has 4 nitrogen and oxygen atoms in total. The number of aromatic hydroxyl groups is 1. The predicted molar refractivity (Wildman–Crippen MR) is 111 cm³/mol. The number of hydrogen-bond acceptors (Lipinski definition) is 4. The molecule has 1 saturated heterocycles. The van der Waals surface area contributed by atoms with Gasteiger partial charge in [0.1, 0.15) is 11.5 Å². The standard InChI is InChI=1S/C22H21Cl2NO3/c1-13-3-2-8-25(11-13)12-17-19(26)7-6-16-21(27)20(28-22(16)17)9-14-4-5-15(23)10-18(14)24/h4-7,9-10,13,26H,2-3,8,11-12H2,1H3/b20-9-/t13-/m0/s1. The van der Waals surface area contributed by atoms with Crippen molar-refractivity contribution in [3.63, 3.8) is 0 Å². The minimum Gasteiger partial charge on any atom is -0.507 e. The summed E-state index contributed by atoms with van der Waals surface area (Å²) in [5, 5.41) is 11.4. The van der Waals surface area contributed by atoms with Crippen LogP contribution in [0.5, 0.6) is 11.5 Å². The SMILES string of the molecule is C[C@H]1CCCN(Cc2c(O)ccc3c2O/C(=C\c2ccc(Cl)cc2Cl)C3=O)C1. The van der Waals surface area contributed by atoms with E-state index in [1.54, 1.807) is 36.4 Å². The van der Waals surface area contributed by atoms with Crippen molar-refractivity contribution in [2.24, 2.45) is 5.92 Å². The number of piperidine rings is 1. The number of hydrogen-bond donors (Lipinski definition) is 1. The summed E-state index contributed by atoms with van der Waals surface area (Å²) in [5.74, 6) is 1.19. The molecule has 0 radical (unpaired) electrons. The van der Waals surface area contributed by atoms with Gasteiger partial charge in [-0.05, 0) is 61.2 Å². The van der Waals surface area contributed by atoms with E-state index in [1.807, 2.05) is 0 Å². The van der Waals surface area contributed by atoms with Gasteiger partial charge in [0.15, 0.2) is 5.76 Å². The molecule has 2 aromatic rings. The normalized spacial score (nSPS) is 21.0. The summed E-state index contributed by atoms with van der Waals surface area (Å²) in [6.45, 7) is 4.74. The molecular formula is C22H21Cl2NO3. The number of benzene rings is 2. The number of carbonyl (C=O) groups is 1. The fourth-order valence-corrected chi connectivity index (χ4v) is 4.33. The highest BCUT2D eigenvalue weighted by atomic mass is 35.5. The monoisotopic (exact) mass is 417 g/mol. The lowest BCUT2D eigenvalue weighted by molar-refractivity contribution is 0.101. The van der Waals surface area contributed by atoms with Crippen LogP contribution in [-0.4, -0.2) is 28.9 Å². The molecule has 0 amide bonds. The van der Waals surface area contributed by atoms with E-state index in [0.29, 0.717) is 44.9 Å². The van der Waals surface area contributed by atoms with Gasteiger partial charge in [-0.15, -0.1) is 0 Å². The molecule has 28 heavy (non-hydrogen) atoms. The Hall–Kier alpha value is -2.01. The van der Waals surface area contributed by atoms with Crippen LogP contribution in [0.4, 0.5) is 0 Å². The number of ether oxygens (including phenoxy) is 1. The Morgan fingerprint density at radius 2 is 2.11 bits per heavy atom. The zero-order valence-corrected chi connectivity index (χ0v) is 17.1. The largest absolute Gasteiger partial charge is 0.507 e. The van der Waals surface area contributed by atoms with Crippen LogP contribution in [-0.2, 0) is 6.54 Å². The summed E-state index contributed by atoms with van der Waals surface area (Å²) in [4.78, 5) is 15.1. The van der Waals surface area contributed by atoms with E-state index < -0.39 is 0 Å². The number of ketones is 1. The van der Waals surface area contributed by atoms with Gasteiger partial charge in [-0.3, -0.25) is 9.69 Å². The lowest BCUT2D eigenvalue weighted by atomic mass is 9.99. The van der Waals surface area contributed by atoms with Gasteiger partial charge < -0.3 is 9.84 Å². The first-order valence-electron chi connectivity index (χ1n) is 9.39. The van der Waals surface area contributed by atoms with Gasteiger partial charge in [-0.2, -0.15) is 0 Å². The highest BCUT2D eigenvalue weighted by Gasteiger charge is 2.32. The zero-order valence-electron chi connectivity index (χ0n) is 15.5. The van der Waals surface area contributed by atoms with Crippen molar-refractivity contribution in [1.82, 2.24) is 4.90 Å². The molecule has 0 saturated carbocycles. The van der Waals surface area contributed by atoms with Crippen LogP contribution in [0.2, 0.25) is 10.0 Å². The van der Waals surface area contributed by atoms with Crippen molar-refractivity contribution >= 4 is 35.1 Å². The maximum absolute atomic E-state index is 12.8. The Bertz CT molecular complexity index is 970. The molecule has 4 rings (SSSR count). The lowest BCUT2D eigenvalue weighted by Crippen LogP contribution is -2.33. The zero-order chi connectivity index (χ0) is 19.8. The third-order valence-corrected chi connectivity index (χ3v) is 5.85. The van der Waals surface area contributed by atoms with Gasteiger partial charge in [0.05, 0.1) is 11.1 Å². The van der Waals surface area contributed by atoms with Crippen LogP contribution in [0.15, 0.2) is 36.1 Å². The highest BCUT2D eigenvalue weighted by molar-refractivity contribution is 6.35. The molecule has 1 N–H and O–H groups in total. The summed E-state index contributed by atoms with van der Waals surface area (Å²) in [7, 11) is 0. The second-order valence-corrected chi connectivity index (χ2v) is 8.37. The van der Waals surface area contributed by atoms with Crippen LogP contribution < -0.4 is 4.74 Å². The van der Waals surface area contributed by atoms with Crippen LogP contribution in [0, 0.1) is 5.92 Å². The van der Waals surface area contributed by atoms with E-state index in [9.17, 15) is 9.90 Å². The van der Waals surface area contributed by atoms with Crippen molar-refractivity contribution in [3.8, 4) is 11.5 Å². The number of allylic oxidation sites excluding steroid dienone is 1. The van der Waals surface area contributed by atoms with E-state index in [4.69, 9.17) is 27.9 Å². The van der Waals surface area contributed by atoms with Gasteiger partial charge in [0.25, 0.3) is 0 Å². The van der Waals surface area contributed by atoms with Crippen LogP contribution in [0.25, 0.3) is 6.08 Å². The highest BCUT2D eigenvalue weighted by Crippen LogP contribution is 2.41. The number of phenols is 1. The van der Waals surface area contributed by atoms with Crippen molar-refractivity contribution in [2.75, 3.05) is 13.1 Å². The van der Waals surface area contributed by atoms with E-state index in [1.165, 1.54) is 6.42 Å². The minimum absolute atomic E-state index is 0.149. The number of likely N-dealkylation sites (tertiary alicyclic amines) is 1. The second-order valence-electron chi connectivity index (χ2n) is 7.53. The molecule has 2 aliphatic heterocycles. The predicted octanol–water partition coefficient (Wildman–Crippen LogP) is 5.55. The van der Waals surface area contributed by atoms with Gasteiger partial charge in [0, 0.05) is 23.1 Å². The van der Waals surface area contributed by atoms with Crippen LogP contribution >= 0.6 is 23.2 Å². The Morgan fingerprint density at radius 1 is 1.29 bits per heavy atom. The fraction of sp³-hybridized carbons (Fsp3) is 0.318. The number of nitrogens with zero attached hydrogens (tertiary/aromatic N) is 1. The van der Waals surface area contributed by atoms with Crippen molar-refractivity contribution in [1.29, 1.82) is 0 Å². The molecule has 0 unspecified atom stereocenters. The number of fused-ring (bicyclic) bond motifs is 1. The van der Waals surface area contributed by atoms with Crippen molar-refractivity contribution < 1.29 is 14.6 Å². The summed E-state index contributed by atoms with van der Waals surface area (Å²) >= 11 is 12.2. The first-order valence-corrected chi connectivity index (χ1v) is 10.1. The smallest absolute Gasteiger partial charge is 0.231 e. The lowest BCUT2D eigenvalue weighted by Gasteiger charge is -2.31. The van der Waals surface area contributed by atoms with E-state index in [2.05, 4.69) is 11.8 Å². The summed E-state index contributed by atoms with van der Waals surface area (Å²) in [5.41, 5.74) is 1.78. The maximum atomic E-state index is 12.8. The topological polar surface area (TPSA) is 49.8 Å². The van der Waals surface area contributed by atoms with E-state index >= 15 is 0 Å². The van der Waals surface area contributed by atoms with Gasteiger partial charge >= 0.3 is 0 Å². The Labute approximate surface area is 174 Å². The number of carbonyl (C=O) groups excluding carboxylic acids is 1. The number of halogens is 2. The Kier molecular flexibility index (Phi) is 5.37. The number of rotatable bonds is 3. The molecule has 0 aromatic heterocycles. The van der Waals surface area contributed by atoms with E-state index in [0.717, 1.165) is 19.5 Å². The third-order valence-electron chi connectivity index (χ3n) is 5.29. The molecule has 2 aliphatic rings. The average Bonchev–Trinajstić information content (AvgIpc) is 2.96. The van der Waals surface area contributed by atoms with Crippen LogP contribution in [0.1, 0.15) is 41.3 Å². The first-order chi connectivity index (χ1) is 13.4. The first kappa shape index (κ1) is 19.3. The van der Waals surface area contributed by atoms with Crippen molar-refractivity contribution in [2.45, 2.75) is 26.3 Å². The molecule has 0 spiro atoms.